The maximum absolute atomic E-state index is 13.0. The number of thiophene rings is 1. The van der Waals surface area contributed by atoms with E-state index in [9.17, 15) is 8.78 Å². The fraction of sp³-hybridized carbons (Fsp3) is 0.368. The normalized spacial score (nSPS) is 13.0. The van der Waals surface area contributed by atoms with E-state index in [2.05, 4.69) is 11.8 Å². The highest BCUT2D eigenvalue weighted by molar-refractivity contribution is 7.12. The molecule has 1 heterocycles. The van der Waals surface area contributed by atoms with Gasteiger partial charge in [0.1, 0.15) is 5.75 Å². The summed E-state index contributed by atoms with van der Waals surface area (Å²) < 4.78 is 31.2. The van der Waals surface area contributed by atoms with Gasteiger partial charge < -0.3 is 15.6 Å². The topological polar surface area (TPSA) is 55.5 Å². The minimum atomic E-state index is -0.926. The number of hydrogen-bond donors (Lipinski definition) is 2. The molecule has 134 valence electrons. The van der Waals surface area contributed by atoms with Gasteiger partial charge in [-0.1, -0.05) is 11.8 Å². The van der Waals surface area contributed by atoms with Crippen molar-refractivity contribution in [2.75, 3.05) is 13.2 Å². The third kappa shape index (κ3) is 6.46. The molecule has 25 heavy (non-hydrogen) atoms. The summed E-state index contributed by atoms with van der Waals surface area (Å²) in [5, 5.41) is 9.16. The molecule has 2 aromatic rings. The third-order valence-electron chi connectivity index (χ3n) is 3.56. The molecular weight excluding hydrogens is 344 g/mol. The van der Waals surface area contributed by atoms with Crippen molar-refractivity contribution in [2.45, 2.75) is 31.7 Å². The van der Waals surface area contributed by atoms with Crippen molar-refractivity contribution in [2.24, 2.45) is 5.73 Å². The lowest BCUT2D eigenvalue weighted by Crippen LogP contribution is -2.40. The van der Waals surface area contributed by atoms with Crippen LogP contribution in [0.3, 0.4) is 0 Å². The molecule has 0 aliphatic heterocycles. The molecule has 0 bridgehead atoms. The summed E-state index contributed by atoms with van der Waals surface area (Å²) in [5.74, 6) is 4.52. The van der Waals surface area contributed by atoms with Gasteiger partial charge in [0.15, 0.2) is 11.6 Å². The maximum atomic E-state index is 13.0. The summed E-state index contributed by atoms with van der Waals surface area (Å²) in [6.45, 7) is 2.09. The molecule has 2 rings (SSSR count). The Morgan fingerprint density at radius 1 is 1.24 bits per heavy atom. The molecule has 0 radical (unpaired) electrons. The molecule has 1 unspecified atom stereocenters. The number of aliphatic hydroxyl groups is 1. The Kier molecular flexibility index (Phi) is 6.94. The van der Waals surface area contributed by atoms with E-state index in [4.69, 9.17) is 15.6 Å². The number of nitrogens with two attached hydrogens (primary N) is 1. The Morgan fingerprint density at radius 2 is 2.04 bits per heavy atom. The van der Waals surface area contributed by atoms with Crippen LogP contribution in [0.1, 0.15) is 29.5 Å². The fourth-order valence-corrected chi connectivity index (χ4v) is 2.89. The van der Waals surface area contributed by atoms with Gasteiger partial charge in [-0.15, -0.1) is 11.3 Å². The van der Waals surface area contributed by atoms with Crippen molar-refractivity contribution >= 4 is 11.3 Å². The molecule has 0 saturated heterocycles. The summed E-state index contributed by atoms with van der Waals surface area (Å²) in [4.78, 5) is 2.12. The largest absolute Gasteiger partial charge is 0.492 e. The van der Waals surface area contributed by atoms with Gasteiger partial charge in [-0.25, -0.2) is 8.78 Å². The van der Waals surface area contributed by atoms with Gasteiger partial charge in [0.2, 0.25) is 0 Å². The average Bonchev–Trinajstić information content (AvgIpc) is 3.04. The Labute approximate surface area is 150 Å². The van der Waals surface area contributed by atoms with Crippen LogP contribution in [0.2, 0.25) is 0 Å². The maximum Gasteiger partial charge on any atom is 0.162 e. The lowest BCUT2D eigenvalue weighted by molar-refractivity contribution is 0.201. The van der Waals surface area contributed by atoms with Crippen LogP contribution in [0.25, 0.3) is 0 Å². The lowest BCUT2D eigenvalue weighted by Gasteiger charge is -2.20. The molecule has 0 saturated carbocycles. The number of hydrogen-bond acceptors (Lipinski definition) is 4. The first-order valence-corrected chi connectivity index (χ1v) is 8.76. The van der Waals surface area contributed by atoms with Crippen LogP contribution in [0.15, 0.2) is 30.3 Å². The predicted octanol–water partition coefficient (Wildman–Crippen LogP) is 3.49. The van der Waals surface area contributed by atoms with Gasteiger partial charge in [-0.05, 0) is 44.0 Å². The number of aliphatic hydroxyl groups excluding tert-OH is 1. The third-order valence-corrected chi connectivity index (χ3v) is 4.62. The first kappa shape index (κ1) is 19.4. The first-order chi connectivity index (χ1) is 11.9. The van der Waals surface area contributed by atoms with Crippen molar-refractivity contribution < 1.29 is 18.6 Å². The number of benzene rings is 1. The van der Waals surface area contributed by atoms with Crippen LogP contribution >= 0.6 is 11.3 Å². The van der Waals surface area contributed by atoms with Crippen LogP contribution in [0, 0.1) is 23.5 Å². The van der Waals surface area contributed by atoms with Crippen molar-refractivity contribution in [1.82, 2.24) is 0 Å². The molecule has 0 aliphatic carbocycles. The van der Waals surface area contributed by atoms with Gasteiger partial charge in [0.25, 0.3) is 0 Å². The molecule has 1 atom stereocenters. The molecule has 1 aromatic heterocycles. The number of rotatable bonds is 7. The number of aryl methyl sites for hydroxylation is 1. The Hall–Kier alpha value is -1.94. The highest BCUT2D eigenvalue weighted by Gasteiger charge is 2.16. The van der Waals surface area contributed by atoms with Gasteiger partial charge in [0.05, 0.1) is 18.1 Å². The second kappa shape index (κ2) is 8.95. The van der Waals surface area contributed by atoms with Crippen LogP contribution in [-0.2, 0) is 6.42 Å². The van der Waals surface area contributed by atoms with Crippen molar-refractivity contribution in [3.63, 3.8) is 0 Å². The highest BCUT2D eigenvalue weighted by atomic mass is 32.1. The highest BCUT2D eigenvalue weighted by Crippen LogP contribution is 2.20. The predicted molar refractivity (Wildman–Crippen MR) is 95.7 cm³/mol. The van der Waals surface area contributed by atoms with Crippen molar-refractivity contribution in [1.29, 1.82) is 0 Å². The van der Waals surface area contributed by atoms with Crippen molar-refractivity contribution in [3.8, 4) is 17.6 Å². The Balaban J connectivity index is 1.77. The molecule has 3 N–H and O–H groups in total. The molecule has 0 aliphatic rings. The smallest absolute Gasteiger partial charge is 0.162 e. The summed E-state index contributed by atoms with van der Waals surface area (Å²) in [6.07, 6.45) is 2.00. The van der Waals surface area contributed by atoms with Gasteiger partial charge in [0, 0.05) is 22.9 Å². The summed E-state index contributed by atoms with van der Waals surface area (Å²) in [7, 11) is 0. The average molecular weight is 365 g/mol. The minimum absolute atomic E-state index is 0.0387. The number of halogens is 2. The van der Waals surface area contributed by atoms with E-state index in [-0.39, 0.29) is 12.4 Å². The first-order valence-electron chi connectivity index (χ1n) is 7.95. The van der Waals surface area contributed by atoms with E-state index >= 15 is 0 Å². The Bertz CT molecular complexity index is 762. The van der Waals surface area contributed by atoms with Crippen LogP contribution in [0.4, 0.5) is 8.78 Å². The van der Waals surface area contributed by atoms with Gasteiger partial charge in [-0.3, -0.25) is 0 Å². The zero-order valence-electron chi connectivity index (χ0n) is 14.0. The molecule has 6 heteroatoms. The van der Waals surface area contributed by atoms with Crippen LogP contribution in [-0.4, -0.2) is 23.9 Å². The van der Waals surface area contributed by atoms with Gasteiger partial charge in [-0.2, -0.15) is 0 Å². The number of ether oxygens (including phenoxy) is 1. The van der Waals surface area contributed by atoms with Crippen molar-refractivity contribution in [3.05, 3.63) is 51.7 Å². The molecule has 1 aromatic carbocycles. The monoisotopic (exact) mass is 365 g/mol. The molecule has 0 spiro atoms. The van der Waals surface area contributed by atoms with E-state index in [1.807, 2.05) is 19.1 Å². The molecular formula is C19H21F2NO2S. The van der Waals surface area contributed by atoms with E-state index in [1.54, 1.807) is 11.3 Å². The summed E-state index contributed by atoms with van der Waals surface area (Å²) in [5.41, 5.74) is 5.36. The van der Waals surface area contributed by atoms with Crippen LogP contribution < -0.4 is 10.5 Å². The molecule has 3 nitrogen and oxygen atoms in total. The summed E-state index contributed by atoms with van der Waals surface area (Å²) in [6, 6.07) is 7.41. The van der Waals surface area contributed by atoms with E-state index < -0.39 is 17.2 Å². The quantitative estimate of drug-likeness (QED) is 0.583. The van der Waals surface area contributed by atoms with E-state index in [1.165, 1.54) is 10.9 Å². The summed E-state index contributed by atoms with van der Waals surface area (Å²) >= 11 is 1.60. The zero-order chi connectivity index (χ0) is 18.3. The van der Waals surface area contributed by atoms with Crippen LogP contribution in [0.5, 0.6) is 5.75 Å². The van der Waals surface area contributed by atoms with E-state index in [0.29, 0.717) is 19.4 Å². The second-order valence-electron chi connectivity index (χ2n) is 6.05. The molecule has 0 amide bonds. The lowest BCUT2D eigenvalue weighted by atomic mass is 9.98. The SMILES string of the molecule is CC(N)(CO)CCc1ccc(C#CCCOc2ccc(F)c(F)c2)s1. The second-order valence-corrected chi connectivity index (χ2v) is 7.22. The van der Waals surface area contributed by atoms with Gasteiger partial charge >= 0.3 is 0 Å². The van der Waals surface area contributed by atoms with E-state index in [0.717, 1.165) is 23.4 Å². The molecule has 0 fully saturated rings. The standard InChI is InChI=1S/C19H21F2NO2S/c1-19(22,13-23)10-9-16-7-6-15(25-16)4-2-3-11-24-14-5-8-17(20)18(21)12-14/h5-8,12,23H,3,9-11,13,22H2,1H3. The Morgan fingerprint density at radius 3 is 2.76 bits per heavy atom. The fourth-order valence-electron chi connectivity index (χ4n) is 2.00. The minimum Gasteiger partial charge on any atom is -0.492 e. The zero-order valence-corrected chi connectivity index (χ0v) is 14.8.